The molecule has 7 heteroatoms. The number of fused-ring (bicyclic) bond motifs is 1. The number of halogens is 3. The maximum Gasteiger partial charge on any atom is 0.389 e. The lowest BCUT2D eigenvalue weighted by Crippen LogP contribution is -2.10. The molecule has 0 atom stereocenters. The minimum Gasteiger partial charge on any atom is -0.494 e. The van der Waals surface area contributed by atoms with Gasteiger partial charge in [-0.05, 0) is 31.5 Å². The summed E-state index contributed by atoms with van der Waals surface area (Å²) in [7, 11) is 0. The van der Waals surface area contributed by atoms with Gasteiger partial charge in [-0.1, -0.05) is 11.3 Å². The summed E-state index contributed by atoms with van der Waals surface area (Å²) in [6.45, 7) is 2.76. The third-order valence-corrected chi connectivity index (χ3v) is 3.56. The Labute approximate surface area is 118 Å². The van der Waals surface area contributed by atoms with Gasteiger partial charge in [-0.2, -0.15) is 13.2 Å². The number of alkyl halides is 3. The van der Waals surface area contributed by atoms with Crippen LogP contribution in [0, 0.1) is 0 Å². The number of nitrogens with one attached hydrogen (secondary N) is 1. The Bertz CT molecular complexity index is 568. The zero-order valence-electron chi connectivity index (χ0n) is 11.0. The van der Waals surface area contributed by atoms with E-state index in [0.717, 1.165) is 16.0 Å². The average Bonchev–Trinajstić information content (AvgIpc) is 2.76. The van der Waals surface area contributed by atoms with E-state index in [0.29, 0.717) is 11.7 Å². The Balaban J connectivity index is 1.94. The van der Waals surface area contributed by atoms with Gasteiger partial charge in [0.1, 0.15) is 5.75 Å². The summed E-state index contributed by atoms with van der Waals surface area (Å²) in [5, 5.41) is 3.56. The van der Waals surface area contributed by atoms with E-state index in [1.54, 1.807) is 0 Å². The smallest absolute Gasteiger partial charge is 0.389 e. The van der Waals surface area contributed by atoms with Gasteiger partial charge in [-0.15, -0.1) is 0 Å². The molecule has 0 spiro atoms. The number of thiazole rings is 1. The summed E-state index contributed by atoms with van der Waals surface area (Å²) in [6.07, 6.45) is -4.83. The molecule has 1 aromatic heterocycles. The van der Waals surface area contributed by atoms with Crippen molar-refractivity contribution in [1.29, 1.82) is 0 Å². The topological polar surface area (TPSA) is 34.1 Å². The fraction of sp³-hybridized carbons (Fsp3) is 0.462. The fourth-order valence-electron chi connectivity index (χ4n) is 1.72. The largest absolute Gasteiger partial charge is 0.494 e. The first-order valence-corrected chi connectivity index (χ1v) is 7.13. The van der Waals surface area contributed by atoms with Gasteiger partial charge >= 0.3 is 6.18 Å². The highest BCUT2D eigenvalue weighted by molar-refractivity contribution is 7.22. The summed E-state index contributed by atoms with van der Waals surface area (Å²) < 4.78 is 42.4. The number of aromatic nitrogens is 1. The monoisotopic (exact) mass is 304 g/mol. The SMILES string of the molecule is CCOc1ccc2nc(NCCCC(F)(F)F)sc2c1. The highest BCUT2D eigenvalue weighted by Crippen LogP contribution is 2.29. The Morgan fingerprint density at radius 1 is 1.35 bits per heavy atom. The number of hydrogen-bond donors (Lipinski definition) is 1. The number of hydrogen-bond acceptors (Lipinski definition) is 4. The second-order valence-electron chi connectivity index (χ2n) is 4.23. The van der Waals surface area contributed by atoms with Crippen molar-refractivity contribution in [2.45, 2.75) is 25.9 Å². The van der Waals surface area contributed by atoms with Gasteiger partial charge in [-0.25, -0.2) is 4.98 Å². The zero-order valence-corrected chi connectivity index (χ0v) is 11.8. The molecule has 0 fully saturated rings. The van der Waals surface area contributed by atoms with Crippen LogP contribution in [0.5, 0.6) is 5.75 Å². The van der Waals surface area contributed by atoms with Crippen LogP contribution in [-0.4, -0.2) is 24.3 Å². The number of benzene rings is 1. The van der Waals surface area contributed by atoms with Crippen LogP contribution in [0.2, 0.25) is 0 Å². The summed E-state index contributed by atoms with van der Waals surface area (Å²) in [5.41, 5.74) is 0.816. The maximum atomic E-state index is 12.0. The number of rotatable bonds is 6. The third kappa shape index (κ3) is 4.26. The van der Waals surface area contributed by atoms with Crippen LogP contribution < -0.4 is 10.1 Å². The molecular formula is C13H15F3N2OS. The summed E-state index contributed by atoms with van der Waals surface area (Å²) in [6, 6.07) is 5.56. The fourth-order valence-corrected chi connectivity index (χ4v) is 2.64. The van der Waals surface area contributed by atoms with E-state index >= 15 is 0 Å². The predicted octanol–water partition coefficient (Wildman–Crippen LogP) is 4.45. The highest BCUT2D eigenvalue weighted by atomic mass is 32.1. The lowest BCUT2D eigenvalue weighted by Gasteiger charge is -2.05. The van der Waals surface area contributed by atoms with Crippen molar-refractivity contribution in [2.75, 3.05) is 18.5 Å². The molecule has 0 bridgehead atoms. The molecule has 0 saturated carbocycles. The van der Waals surface area contributed by atoms with E-state index in [2.05, 4.69) is 10.3 Å². The molecule has 0 unspecified atom stereocenters. The van der Waals surface area contributed by atoms with E-state index in [-0.39, 0.29) is 13.0 Å². The van der Waals surface area contributed by atoms with Gasteiger partial charge < -0.3 is 10.1 Å². The first-order chi connectivity index (χ1) is 9.48. The highest BCUT2D eigenvalue weighted by Gasteiger charge is 2.25. The second-order valence-corrected chi connectivity index (χ2v) is 5.26. The van der Waals surface area contributed by atoms with Gasteiger partial charge in [0.15, 0.2) is 5.13 Å². The quantitative estimate of drug-likeness (QED) is 0.801. The normalized spacial score (nSPS) is 11.8. The Hall–Kier alpha value is -1.50. The van der Waals surface area contributed by atoms with Crippen molar-refractivity contribution in [1.82, 2.24) is 4.98 Å². The lowest BCUT2D eigenvalue weighted by atomic mass is 10.3. The van der Waals surface area contributed by atoms with Crippen molar-refractivity contribution >= 4 is 26.7 Å². The van der Waals surface area contributed by atoms with Gasteiger partial charge in [0, 0.05) is 13.0 Å². The van der Waals surface area contributed by atoms with Gasteiger partial charge in [0.05, 0.1) is 16.8 Å². The molecule has 0 saturated heterocycles. The van der Waals surface area contributed by atoms with Crippen LogP contribution in [-0.2, 0) is 0 Å². The van der Waals surface area contributed by atoms with Crippen molar-refractivity contribution in [3.8, 4) is 5.75 Å². The van der Waals surface area contributed by atoms with E-state index in [4.69, 9.17) is 4.74 Å². The molecule has 1 aromatic carbocycles. The molecule has 0 radical (unpaired) electrons. The van der Waals surface area contributed by atoms with E-state index in [9.17, 15) is 13.2 Å². The summed E-state index contributed by atoms with van der Waals surface area (Å²) in [4.78, 5) is 4.32. The van der Waals surface area contributed by atoms with E-state index in [1.807, 2.05) is 25.1 Å². The molecule has 20 heavy (non-hydrogen) atoms. The van der Waals surface area contributed by atoms with Gasteiger partial charge in [-0.3, -0.25) is 0 Å². The molecule has 3 nitrogen and oxygen atoms in total. The molecule has 0 aliphatic rings. The van der Waals surface area contributed by atoms with Gasteiger partial charge in [0.2, 0.25) is 0 Å². The Kier molecular flexibility index (Phi) is 4.69. The minimum absolute atomic E-state index is 0.0453. The van der Waals surface area contributed by atoms with Gasteiger partial charge in [0.25, 0.3) is 0 Å². The number of nitrogens with zero attached hydrogens (tertiary/aromatic N) is 1. The molecule has 1 heterocycles. The van der Waals surface area contributed by atoms with E-state index < -0.39 is 12.6 Å². The molecule has 0 amide bonds. The molecule has 0 aliphatic carbocycles. The molecule has 0 aliphatic heterocycles. The van der Waals surface area contributed by atoms with Crippen molar-refractivity contribution < 1.29 is 17.9 Å². The molecular weight excluding hydrogens is 289 g/mol. The van der Waals surface area contributed by atoms with Crippen LogP contribution in [0.25, 0.3) is 10.2 Å². The second kappa shape index (κ2) is 6.30. The maximum absolute atomic E-state index is 12.0. The first kappa shape index (κ1) is 14.9. The lowest BCUT2D eigenvalue weighted by molar-refractivity contribution is -0.134. The van der Waals surface area contributed by atoms with E-state index in [1.165, 1.54) is 11.3 Å². The minimum atomic E-state index is -4.10. The van der Waals surface area contributed by atoms with Crippen LogP contribution in [0.3, 0.4) is 0 Å². The molecule has 110 valence electrons. The Morgan fingerprint density at radius 3 is 2.85 bits per heavy atom. The Morgan fingerprint density at radius 2 is 2.15 bits per heavy atom. The van der Waals surface area contributed by atoms with Crippen molar-refractivity contribution in [3.05, 3.63) is 18.2 Å². The predicted molar refractivity (Wildman–Crippen MR) is 74.6 cm³/mol. The molecule has 2 aromatic rings. The third-order valence-electron chi connectivity index (χ3n) is 2.58. The summed E-state index contributed by atoms with van der Waals surface area (Å²) in [5.74, 6) is 0.771. The van der Waals surface area contributed by atoms with Crippen LogP contribution in [0.4, 0.5) is 18.3 Å². The molecule has 1 N–H and O–H groups in total. The van der Waals surface area contributed by atoms with Crippen LogP contribution >= 0.6 is 11.3 Å². The molecule has 2 rings (SSSR count). The average molecular weight is 304 g/mol. The first-order valence-electron chi connectivity index (χ1n) is 6.32. The number of ether oxygens (including phenoxy) is 1. The summed E-state index contributed by atoms with van der Waals surface area (Å²) >= 11 is 1.41. The van der Waals surface area contributed by atoms with Crippen molar-refractivity contribution in [3.63, 3.8) is 0 Å². The van der Waals surface area contributed by atoms with Crippen LogP contribution in [0.15, 0.2) is 18.2 Å². The van der Waals surface area contributed by atoms with Crippen LogP contribution in [0.1, 0.15) is 19.8 Å². The van der Waals surface area contributed by atoms with Crippen molar-refractivity contribution in [2.24, 2.45) is 0 Å². The number of anilines is 1. The standard InChI is InChI=1S/C13H15F3N2OS/c1-2-19-9-4-5-10-11(8-9)20-12(18-10)17-7-3-6-13(14,15)16/h4-5,8H,2-3,6-7H2,1H3,(H,17,18). The zero-order chi connectivity index (χ0) is 14.6.